The predicted molar refractivity (Wildman–Crippen MR) is 74.1 cm³/mol. The summed E-state index contributed by atoms with van der Waals surface area (Å²) in [5, 5.41) is 12.4. The zero-order valence-corrected chi connectivity index (χ0v) is 11.6. The highest BCUT2D eigenvalue weighted by molar-refractivity contribution is 5.85. The van der Waals surface area contributed by atoms with Crippen molar-refractivity contribution >= 4 is 5.97 Å². The van der Waals surface area contributed by atoms with Gasteiger partial charge in [-0.25, -0.2) is 9.78 Å². The van der Waals surface area contributed by atoms with Crippen molar-refractivity contribution in [2.75, 3.05) is 0 Å². The SMILES string of the molecule is CC1(C)CCCC(NCc2cccc(C(=O)O)n2)C1. The molecular weight excluding hydrogens is 240 g/mol. The number of nitrogens with zero attached hydrogens (tertiary/aromatic N) is 1. The van der Waals surface area contributed by atoms with Gasteiger partial charge in [0.1, 0.15) is 5.69 Å². The highest BCUT2D eigenvalue weighted by Crippen LogP contribution is 2.35. The van der Waals surface area contributed by atoms with E-state index < -0.39 is 5.97 Å². The molecule has 0 aliphatic heterocycles. The molecule has 1 aromatic rings. The number of pyridine rings is 1. The van der Waals surface area contributed by atoms with Gasteiger partial charge in [0.15, 0.2) is 0 Å². The molecule has 19 heavy (non-hydrogen) atoms. The number of hydrogen-bond acceptors (Lipinski definition) is 3. The molecule has 1 aromatic heterocycles. The number of rotatable bonds is 4. The van der Waals surface area contributed by atoms with E-state index in [-0.39, 0.29) is 5.69 Å². The van der Waals surface area contributed by atoms with E-state index in [1.54, 1.807) is 6.07 Å². The lowest BCUT2D eigenvalue weighted by Crippen LogP contribution is -2.37. The van der Waals surface area contributed by atoms with Gasteiger partial charge in [-0.05, 0) is 36.8 Å². The second-order valence-electron chi connectivity index (χ2n) is 6.16. The number of carboxylic acid groups (broad SMARTS) is 1. The lowest BCUT2D eigenvalue weighted by molar-refractivity contribution is 0.0690. The molecule has 1 fully saturated rings. The Balaban J connectivity index is 1.91. The average molecular weight is 262 g/mol. The van der Waals surface area contributed by atoms with Crippen LogP contribution in [0.2, 0.25) is 0 Å². The molecule has 1 saturated carbocycles. The van der Waals surface area contributed by atoms with Crippen LogP contribution in [0.25, 0.3) is 0 Å². The normalized spacial score (nSPS) is 22.1. The molecule has 4 nitrogen and oxygen atoms in total. The highest BCUT2D eigenvalue weighted by Gasteiger charge is 2.27. The first-order valence-electron chi connectivity index (χ1n) is 6.89. The summed E-state index contributed by atoms with van der Waals surface area (Å²) < 4.78 is 0. The van der Waals surface area contributed by atoms with Crippen LogP contribution in [0.1, 0.15) is 55.7 Å². The fourth-order valence-electron chi connectivity index (χ4n) is 2.82. The first-order chi connectivity index (χ1) is 8.96. The molecule has 0 aromatic carbocycles. The highest BCUT2D eigenvalue weighted by atomic mass is 16.4. The predicted octanol–water partition coefficient (Wildman–Crippen LogP) is 2.84. The van der Waals surface area contributed by atoms with Crippen molar-refractivity contribution in [3.8, 4) is 0 Å². The van der Waals surface area contributed by atoms with E-state index in [4.69, 9.17) is 5.11 Å². The Morgan fingerprint density at radius 1 is 1.53 bits per heavy atom. The van der Waals surface area contributed by atoms with Crippen molar-refractivity contribution in [2.24, 2.45) is 5.41 Å². The summed E-state index contributed by atoms with van der Waals surface area (Å²) in [6, 6.07) is 5.65. The topological polar surface area (TPSA) is 62.2 Å². The third kappa shape index (κ3) is 4.03. The summed E-state index contributed by atoms with van der Waals surface area (Å²) >= 11 is 0. The smallest absolute Gasteiger partial charge is 0.354 e. The van der Waals surface area contributed by atoms with Crippen LogP contribution >= 0.6 is 0 Å². The second kappa shape index (κ2) is 5.70. The summed E-state index contributed by atoms with van der Waals surface area (Å²) in [4.78, 5) is 15.0. The quantitative estimate of drug-likeness (QED) is 0.876. The Morgan fingerprint density at radius 3 is 3.00 bits per heavy atom. The molecule has 1 unspecified atom stereocenters. The number of carboxylic acids is 1. The Bertz CT molecular complexity index is 457. The summed E-state index contributed by atoms with van der Waals surface area (Å²) in [6.45, 7) is 5.26. The van der Waals surface area contributed by atoms with Crippen LogP contribution in [0.4, 0.5) is 0 Å². The summed E-state index contributed by atoms with van der Waals surface area (Å²) in [5.41, 5.74) is 1.32. The summed E-state index contributed by atoms with van der Waals surface area (Å²) in [7, 11) is 0. The molecule has 0 amide bonds. The molecule has 0 bridgehead atoms. The third-order valence-electron chi connectivity index (χ3n) is 3.80. The molecule has 1 aliphatic rings. The van der Waals surface area contributed by atoms with Crippen LogP contribution in [-0.4, -0.2) is 22.1 Å². The molecule has 1 atom stereocenters. The van der Waals surface area contributed by atoms with Gasteiger partial charge in [-0.1, -0.05) is 26.3 Å². The van der Waals surface area contributed by atoms with Gasteiger partial charge in [-0.3, -0.25) is 0 Å². The summed E-state index contributed by atoms with van der Waals surface area (Å²) in [6.07, 6.45) is 4.92. The van der Waals surface area contributed by atoms with Crippen LogP contribution in [0.3, 0.4) is 0 Å². The molecule has 1 heterocycles. The van der Waals surface area contributed by atoms with E-state index >= 15 is 0 Å². The molecule has 0 radical (unpaired) electrons. The van der Waals surface area contributed by atoms with Crippen LogP contribution in [0, 0.1) is 5.41 Å². The Morgan fingerprint density at radius 2 is 2.32 bits per heavy atom. The van der Waals surface area contributed by atoms with Gasteiger partial charge in [-0.15, -0.1) is 0 Å². The first-order valence-corrected chi connectivity index (χ1v) is 6.89. The third-order valence-corrected chi connectivity index (χ3v) is 3.80. The maximum Gasteiger partial charge on any atom is 0.354 e. The van der Waals surface area contributed by atoms with Crippen LogP contribution < -0.4 is 5.32 Å². The van der Waals surface area contributed by atoms with E-state index in [2.05, 4.69) is 24.1 Å². The van der Waals surface area contributed by atoms with E-state index in [0.29, 0.717) is 18.0 Å². The molecule has 2 rings (SSSR count). The van der Waals surface area contributed by atoms with Gasteiger partial charge in [-0.2, -0.15) is 0 Å². The fourth-order valence-corrected chi connectivity index (χ4v) is 2.82. The van der Waals surface area contributed by atoms with E-state index in [9.17, 15) is 4.79 Å². The number of aromatic carboxylic acids is 1. The number of hydrogen-bond donors (Lipinski definition) is 2. The van der Waals surface area contributed by atoms with Gasteiger partial charge in [0.05, 0.1) is 5.69 Å². The standard InChI is InChI=1S/C15H22N2O2/c1-15(2)8-4-6-11(9-15)16-10-12-5-3-7-13(17-12)14(18)19/h3,5,7,11,16H,4,6,8-10H2,1-2H3,(H,18,19). The number of nitrogens with one attached hydrogen (secondary N) is 1. The largest absolute Gasteiger partial charge is 0.477 e. The molecule has 0 spiro atoms. The van der Waals surface area contributed by atoms with Gasteiger partial charge in [0.2, 0.25) is 0 Å². The van der Waals surface area contributed by atoms with Crippen molar-refractivity contribution in [3.05, 3.63) is 29.6 Å². The zero-order valence-electron chi connectivity index (χ0n) is 11.6. The molecule has 4 heteroatoms. The molecule has 0 saturated heterocycles. The Kier molecular flexibility index (Phi) is 4.20. The van der Waals surface area contributed by atoms with Crippen molar-refractivity contribution in [3.63, 3.8) is 0 Å². The van der Waals surface area contributed by atoms with E-state index in [1.165, 1.54) is 31.7 Å². The first kappa shape index (κ1) is 14.0. The van der Waals surface area contributed by atoms with Crippen molar-refractivity contribution in [1.82, 2.24) is 10.3 Å². The van der Waals surface area contributed by atoms with Crippen molar-refractivity contribution in [1.29, 1.82) is 0 Å². The Hall–Kier alpha value is -1.42. The van der Waals surface area contributed by atoms with Crippen LogP contribution in [0.15, 0.2) is 18.2 Å². The Labute approximate surface area is 114 Å². The monoisotopic (exact) mass is 262 g/mol. The molecular formula is C15H22N2O2. The van der Waals surface area contributed by atoms with Gasteiger partial charge in [0.25, 0.3) is 0 Å². The van der Waals surface area contributed by atoms with Gasteiger partial charge in [0, 0.05) is 12.6 Å². The minimum atomic E-state index is -0.972. The minimum absolute atomic E-state index is 0.114. The van der Waals surface area contributed by atoms with Crippen LogP contribution in [-0.2, 0) is 6.54 Å². The minimum Gasteiger partial charge on any atom is -0.477 e. The number of carbonyl (C=O) groups is 1. The maximum absolute atomic E-state index is 10.9. The number of aromatic nitrogens is 1. The molecule has 1 aliphatic carbocycles. The fraction of sp³-hybridized carbons (Fsp3) is 0.600. The van der Waals surface area contributed by atoms with Crippen molar-refractivity contribution < 1.29 is 9.90 Å². The lowest BCUT2D eigenvalue weighted by Gasteiger charge is -2.35. The van der Waals surface area contributed by atoms with Crippen molar-refractivity contribution in [2.45, 2.75) is 52.1 Å². The molecule has 104 valence electrons. The zero-order chi connectivity index (χ0) is 13.9. The second-order valence-corrected chi connectivity index (χ2v) is 6.16. The van der Waals surface area contributed by atoms with E-state index in [1.807, 2.05) is 6.07 Å². The lowest BCUT2D eigenvalue weighted by atomic mass is 9.75. The maximum atomic E-state index is 10.9. The molecule has 2 N–H and O–H groups in total. The van der Waals surface area contributed by atoms with Gasteiger partial charge >= 0.3 is 5.97 Å². The summed E-state index contributed by atoms with van der Waals surface area (Å²) in [5.74, 6) is -0.972. The van der Waals surface area contributed by atoms with Crippen LogP contribution in [0.5, 0.6) is 0 Å². The van der Waals surface area contributed by atoms with Gasteiger partial charge < -0.3 is 10.4 Å². The average Bonchev–Trinajstić information content (AvgIpc) is 2.35. The van der Waals surface area contributed by atoms with E-state index in [0.717, 1.165) is 5.69 Å².